The van der Waals surface area contributed by atoms with Crippen LogP contribution in [0.15, 0.2) is 60.7 Å². The van der Waals surface area contributed by atoms with Gasteiger partial charge in [-0.05, 0) is 47.5 Å². The summed E-state index contributed by atoms with van der Waals surface area (Å²) in [5.41, 5.74) is 0.472. The number of aliphatic carboxylic acids is 1. The Morgan fingerprint density at radius 2 is 1.44 bits per heavy atom. The Morgan fingerprint density at radius 1 is 0.917 bits per heavy atom. The molecular weight excluding hydrogens is 557 g/mol. The third kappa shape index (κ3) is 14.0. The fourth-order valence-electron chi connectivity index (χ4n) is 2.61. The summed E-state index contributed by atoms with van der Waals surface area (Å²) in [7, 11) is -3.07. The average molecular weight is 583 g/mol. The Labute approximate surface area is 305 Å². The van der Waals surface area contributed by atoms with Crippen LogP contribution in [-0.4, -0.2) is 65.3 Å². The SMILES string of the molecule is COc1ccc2cc([C@H](C)C(=O)O)ccc2c1.Cl.O=C(O)c1ccccc1OS(=O)(=O)O.[H-].[H-].[H-].[H-].[H-].[Mg+2].[Na+].[Na+].[Na+]. The second-order valence-corrected chi connectivity index (χ2v) is 7.37. The molecule has 3 N–H and O–H groups in total. The Kier molecular flexibility index (Phi) is 24.6. The van der Waals surface area contributed by atoms with Crippen molar-refractivity contribution in [1.82, 2.24) is 0 Å². The van der Waals surface area contributed by atoms with Crippen LogP contribution in [0.5, 0.6) is 11.5 Å². The number of hydrogen-bond acceptors (Lipinski definition) is 6. The Hall–Kier alpha value is 0.426. The van der Waals surface area contributed by atoms with Crippen LogP contribution < -0.4 is 97.6 Å². The minimum atomic E-state index is -4.70. The summed E-state index contributed by atoms with van der Waals surface area (Å²) in [4.78, 5) is 21.5. The van der Waals surface area contributed by atoms with Gasteiger partial charge in [-0.25, -0.2) is 4.79 Å². The van der Waals surface area contributed by atoms with Crippen molar-refractivity contribution < 1.29 is 137 Å². The summed E-state index contributed by atoms with van der Waals surface area (Å²) in [6.45, 7) is 1.69. The molecule has 0 amide bonds. The normalized spacial score (nSPS) is 10.1. The molecule has 0 radical (unpaired) electrons. The molecule has 0 spiro atoms. The van der Waals surface area contributed by atoms with Crippen molar-refractivity contribution in [2.45, 2.75) is 12.8 Å². The largest absolute Gasteiger partial charge is 2.00 e. The molecule has 0 aliphatic carbocycles. The van der Waals surface area contributed by atoms with Gasteiger partial charge in [0.05, 0.1) is 13.0 Å². The predicted octanol–water partition coefficient (Wildman–Crippen LogP) is -4.78. The number of carboxylic acid groups (broad SMARTS) is 2. The first-order valence-corrected chi connectivity index (χ1v) is 10.2. The molecule has 3 aromatic carbocycles. The van der Waals surface area contributed by atoms with Gasteiger partial charge in [-0.1, -0.05) is 36.4 Å². The quantitative estimate of drug-likeness (QED) is 0.192. The first-order valence-electron chi connectivity index (χ1n) is 8.81. The predicted molar refractivity (Wildman–Crippen MR) is 131 cm³/mol. The van der Waals surface area contributed by atoms with Crippen molar-refractivity contribution >= 4 is 68.6 Å². The molecule has 36 heavy (non-hydrogen) atoms. The van der Waals surface area contributed by atoms with Gasteiger partial charge in [-0.2, -0.15) is 8.42 Å². The third-order valence-corrected chi connectivity index (χ3v) is 4.64. The molecule has 0 aliphatic heterocycles. The maximum absolute atomic E-state index is 10.9. The fourth-order valence-corrected chi connectivity index (χ4v) is 2.98. The molecule has 9 nitrogen and oxygen atoms in total. The van der Waals surface area contributed by atoms with Crippen LogP contribution in [0.1, 0.15) is 35.9 Å². The molecule has 0 bridgehead atoms. The van der Waals surface area contributed by atoms with Crippen molar-refractivity contribution in [2.24, 2.45) is 0 Å². The van der Waals surface area contributed by atoms with E-state index >= 15 is 0 Å². The number of hydrogen-bond donors (Lipinski definition) is 3. The van der Waals surface area contributed by atoms with Crippen LogP contribution in [0.2, 0.25) is 0 Å². The van der Waals surface area contributed by atoms with Gasteiger partial charge in [-0.15, -0.1) is 12.4 Å². The van der Waals surface area contributed by atoms with E-state index in [0.29, 0.717) is 0 Å². The van der Waals surface area contributed by atoms with Crippen LogP contribution >= 0.6 is 12.4 Å². The van der Waals surface area contributed by atoms with Gasteiger partial charge < -0.3 is 26.3 Å². The van der Waals surface area contributed by atoms with E-state index in [2.05, 4.69) is 4.18 Å². The molecule has 15 heteroatoms. The summed E-state index contributed by atoms with van der Waals surface area (Å²) in [5.74, 6) is -2.26. The van der Waals surface area contributed by atoms with Gasteiger partial charge in [0.15, 0.2) is 5.75 Å². The summed E-state index contributed by atoms with van der Waals surface area (Å²) < 4.78 is 38.2. The monoisotopic (exact) mass is 582 g/mol. The van der Waals surface area contributed by atoms with E-state index in [1.54, 1.807) is 14.0 Å². The number of aromatic carboxylic acids is 1. The number of methoxy groups -OCH3 is 1. The van der Waals surface area contributed by atoms with Gasteiger partial charge in [0.25, 0.3) is 0 Å². The number of halogens is 1. The molecule has 182 valence electrons. The number of benzene rings is 3. The van der Waals surface area contributed by atoms with Crippen LogP contribution in [0, 0.1) is 0 Å². The zero-order valence-electron chi connectivity index (χ0n) is 25.7. The van der Waals surface area contributed by atoms with Crippen LogP contribution in [0.4, 0.5) is 0 Å². The number of rotatable bonds is 6. The van der Waals surface area contributed by atoms with Crippen molar-refractivity contribution in [3.8, 4) is 11.5 Å². The first kappa shape index (κ1) is 43.5. The fraction of sp³-hybridized carbons (Fsp3) is 0.143. The van der Waals surface area contributed by atoms with E-state index < -0.39 is 34.0 Å². The maximum Gasteiger partial charge on any atom is 2.00 e. The van der Waals surface area contributed by atoms with Gasteiger partial charge in [-0.3, -0.25) is 9.35 Å². The van der Waals surface area contributed by atoms with Crippen LogP contribution in [0.25, 0.3) is 10.8 Å². The van der Waals surface area contributed by atoms with Crippen molar-refractivity contribution in [2.75, 3.05) is 7.11 Å². The smallest absolute Gasteiger partial charge is 1.00 e. The summed E-state index contributed by atoms with van der Waals surface area (Å²) in [6, 6.07) is 16.5. The van der Waals surface area contributed by atoms with E-state index in [1.807, 2.05) is 36.4 Å². The minimum absolute atomic E-state index is 0. The summed E-state index contributed by atoms with van der Waals surface area (Å²) >= 11 is 0. The Balaban J connectivity index is -0.0000000580. The molecule has 3 rings (SSSR count). The number of ether oxygens (including phenoxy) is 1. The average Bonchev–Trinajstić information content (AvgIpc) is 2.71. The molecule has 0 saturated carbocycles. The minimum Gasteiger partial charge on any atom is -1.00 e. The van der Waals surface area contributed by atoms with E-state index in [-0.39, 0.29) is 137 Å². The molecule has 0 heterocycles. The maximum atomic E-state index is 10.9. The Bertz CT molecular complexity index is 1250. The molecular formula is C21H26ClMgNa3O9S. The zero-order valence-corrected chi connectivity index (χ0v) is 29.7. The molecule has 0 aliphatic rings. The number of para-hydroxylation sites is 1. The van der Waals surface area contributed by atoms with Crippen LogP contribution in [0.3, 0.4) is 0 Å². The molecule has 0 unspecified atom stereocenters. The standard InChI is InChI=1S/C14H14O3.C7H6O6S.ClH.Mg.3Na.5H/c1-9(14(15)16)10-3-4-12-8-13(17-2)6-5-11(12)7-10;8-7(9)5-3-1-2-4-6(5)13-14(10,11)12;;;;;;;;;;/h3-9H,1-2H3,(H,15,16);1-4H,(H,8,9)(H,10,11,12);1H;;;;;;;;;/q;;;+2;3*+1;5*-1/t9-;;;;;;;;;;;/m0.........../s1. The number of carboxylic acids is 2. The van der Waals surface area contributed by atoms with E-state index in [1.165, 1.54) is 12.1 Å². The molecule has 0 aromatic heterocycles. The first-order chi connectivity index (χ1) is 14.5. The number of fused-ring (bicyclic) bond motifs is 1. The zero-order chi connectivity index (χ0) is 23.2. The summed E-state index contributed by atoms with van der Waals surface area (Å²) in [6.07, 6.45) is 0. The van der Waals surface area contributed by atoms with Crippen molar-refractivity contribution in [1.29, 1.82) is 0 Å². The second kappa shape index (κ2) is 20.3. The second-order valence-electron chi connectivity index (χ2n) is 6.34. The van der Waals surface area contributed by atoms with Crippen molar-refractivity contribution in [3.63, 3.8) is 0 Å². The Morgan fingerprint density at radius 3 is 1.94 bits per heavy atom. The van der Waals surface area contributed by atoms with Crippen LogP contribution in [-0.2, 0) is 15.2 Å². The summed E-state index contributed by atoms with van der Waals surface area (Å²) in [5, 5.41) is 19.6. The van der Waals surface area contributed by atoms with Gasteiger partial charge in [0.2, 0.25) is 0 Å². The molecule has 1 atom stereocenters. The number of carbonyl (C=O) groups is 2. The van der Waals surface area contributed by atoms with E-state index in [9.17, 15) is 18.0 Å². The van der Waals surface area contributed by atoms with Gasteiger partial charge in [0.1, 0.15) is 11.3 Å². The van der Waals surface area contributed by atoms with Gasteiger partial charge >= 0.3 is 134 Å². The van der Waals surface area contributed by atoms with Gasteiger partial charge in [0, 0.05) is 0 Å². The van der Waals surface area contributed by atoms with Crippen molar-refractivity contribution in [3.05, 3.63) is 71.8 Å². The van der Waals surface area contributed by atoms with E-state index in [0.717, 1.165) is 34.2 Å². The molecule has 0 saturated heterocycles. The third-order valence-electron chi connectivity index (χ3n) is 4.25. The molecule has 3 aromatic rings. The topological polar surface area (TPSA) is 147 Å². The molecule has 0 fully saturated rings. The van der Waals surface area contributed by atoms with E-state index in [4.69, 9.17) is 19.5 Å².